The van der Waals surface area contributed by atoms with Gasteiger partial charge in [-0.3, -0.25) is 4.99 Å². The van der Waals surface area contributed by atoms with Crippen LogP contribution in [0.5, 0.6) is 0 Å². The van der Waals surface area contributed by atoms with E-state index >= 15 is 0 Å². The first kappa shape index (κ1) is 16.8. The highest BCUT2D eigenvalue weighted by Gasteiger charge is 2.14. The summed E-state index contributed by atoms with van der Waals surface area (Å²) in [5.74, 6) is 0.822. The first-order chi connectivity index (χ1) is 10.8. The van der Waals surface area contributed by atoms with Crippen LogP contribution in [0.15, 0.2) is 23.5 Å². The van der Waals surface area contributed by atoms with Crippen LogP contribution in [0.2, 0.25) is 0 Å². The Bertz CT molecular complexity index is 453. The van der Waals surface area contributed by atoms with E-state index in [1.807, 2.05) is 17.8 Å². The molecule has 0 aliphatic carbocycles. The minimum Gasteiger partial charge on any atom is -0.379 e. The van der Waals surface area contributed by atoms with Gasteiger partial charge in [0.2, 0.25) is 0 Å². The zero-order valence-corrected chi connectivity index (χ0v) is 13.7. The van der Waals surface area contributed by atoms with E-state index < -0.39 is 0 Å². The van der Waals surface area contributed by atoms with Crippen molar-refractivity contribution in [1.29, 1.82) is 0 Å². The average molecular weight is 308 g/mol. The summed E-state index contributed by atoms with van der Waals surface area (Å²) in [6, 6.07) is 2.10. The molecular formula is C16H28N4O2. The minimum absolute atomic E-state index is 0.313. The molecule has 6 heteroatoms. The van der Waals surface area contributed by atoms with Crippen molar-refractivity contribution in [2.45, 2.75) is 31.9 Å². The van der Waals surface area contributed by atoms with E-state index in [2.05, 4.69) is 27.9 Å². The Morgan fingerprint density at radius 1 is 1.50 bits per heavy atom. The maximum absolute atomic E-state index is 5.64. The monoisotopic (exact) mass is 308 g/mol. The number of guanidine groups is 1. The van der Waals surface area contributed by atoms with Gasteiger partial charge >= 0.3 is 0 Å². The molecule has 22 heavy (non-hydrogen) atoms. The molecule has 124 valence electrons. The SMILES string of the molecule is CN=C(NCCCOCC1CCCO1)NCc1ccn(C)c1. The highest BCUT2D eigenvalue weighted by molar-refractivity contribution is 5.79. The van der Waals surface area contributed by atoms with Gasteiger partial charge in [0.1, 0.15) is 0 Å². The number of aryl methyl sites for hydroxylation is 1. The van der Waals surface area contributed by atoms with Gasteiger partial charge < -0.3 is 24.7 Å². The molecule has 0 aromatic carbocycles. The summed E-state index contributed by atoms with van der Waals surface area (Å²) in [5, 5.41) is 6.60. The van der Waals surface area contributed by atoms with Crippen molar-refractivity contribution >= 4 is 5.96 Å². The van der Waals surface area contributed by atoms with Gasteiger partial charge in [-0.1, -0.05) is 0 Å². The molecule has 1 saturated heterocycles. The topological polar surface area (TPSA) is 59.8 Å². The number of aromatic nitrogens is 1. The highest BCUT2D eigenvalue weighted by Crippen LogP contribution is 2.11. The maximum atomic E-state index is 5.64. The quantitative estimate of drug-likeness (QED) is 0.431. The van der Waals surface area contributed by atoms with Crippen LogP contribution in [0.25, 0.3) is 0 Å². The van der Waals surface area contributed by atoms with E-state index in [4.69, 9.17) is 9.47 Å². The molecule has 1 atom stereocenters. The van der Waals surface area contributed by atoms with Gasteiger partial charge in [-0.2, -0.15) is 0 Å². The van der Waals surface area contributed by atoms with Crippen molar-refractivity contribution in [2.24, 2.45) is 12.0 Å². The van der Waals surface area contributed by atoms with Crippen LogP contribution < -0.4 is 10.6 Å². The molecular weight excluding hydrogens is 280 g/mol. The molecule has 2 heterocycles. The second-order valence-corrected chi connectivity index (χ2v) is 5.60. The fourth-order valence-corrected chi connectivity index (χ4v) is 2.44. The normalized spacial score (nSPS) is 18.6. The van der Waals surface area contributed by atoms with Crippen molar-refractivity contribution in [3.8, 4) is 0 Å². The van der Waals surface area contributed by atoms with Gasteiger partial charge in [-0.25, -0.2) is 0 Å². The Morgan fingerprint density at radius 3 is 3.09 bits per heavy atom. The third kappa shape index (κ3) is 6.07. The standard InChI is InChI=1S/C16H28N4O2/c1-17-16(19-11-14-6-8-20(2)12-14)18-7-4-9-21-13-15-5-3-10-22-15/h6,8,12,15H,3-5,7,9-11,13H2,1-2H3,(H2,17,18,19). The lowest BCUT2D eigenvalue weighted by atomic mass is 10.2. The third-order valence-corrected chi connectivity index (χ3v) is 3.66. The van der Waals surface area contributed by atoms with Crippen molar-refractivity contribution in [3.05, 3.63) is 24.0 Å². The molecule has 1 aliphatic heterocycles. The van der Waals surface area contributed by atoms with Crippen molar-refractivity contribution in [3.63, 3.8) is 0 Å². The Labute approximate surface area is 132 Å². The van der Waals surface area contributed by atoms with Crippen molar-refractivity contribution < 1.29 is 9.47 Å². The van der Waals surface area contributed by atoms with E-state index in [9.17, 15) is 0 Å². The molecule has 1 fully saturated rings. The van der Waals surface area contributed by atoms with Gasteiger partial charge in [0.25, 0.3) is 0 Å². The molecule has 6 nitrogen and oxygen atoms in total. The van der Waals surface area contributed by atoms with Crippen LogP contribution in [0.4, 0.5) is 0 Å². The van der Waals surface area contributed by atoms with Gasteiger partial charge in [0.15, 0.2) is 5.96 Å². The molecule has 1 aliphatic rings. The van der Waals surface area contributed by atoms with E-state index in [0.717, 1.165) is 51.7 Å². The molecule has 1 aromatic rings. The molecule has 0 spiro atoms. The fourth-order valence-electron chi connectivity index (χ4n) is 2.44. The van der Waals surface area contributed by atoms with Crippen molar-refractivity contribution in [2.75, 3.05) is 33.4 Å². The summed E-state index contributed by atoms with van der Waals surface area (Å²) in [7, 11) is 3.81. The number of rotatable bonds is 8. The largest absolute Gasteiger partial charge is 0.379 e. The highest BCUT2D eigenvalue weighted by atomic mass is 16.5. The van der Waals surface area contributed by atoms with Crippen LogP contribution in [0.3, 0.4) is 0 Å². The van der Waals surface area contributed by atoms with Crippen LogP contribution in [0, 0.1) is 0 Å². The molecule has 1 aromatic heterocycles. The molecule has 0 amide bonds. The number of hydrogen-bond acceptors (Lipinski definition) is 3. The van der Waals surface area contributed by atoms with Gasteiger partial charge in [-0.15, -0.1) is 0 Å². The Morgan fingerprint density at radius 2 is 2.41 bits per heavy atom. The minimum atomic E-state index is 0.313. The van der Waals surface area contributed by atoms with Crippen LogP contribution in [0.1, 0.15) is 24.8 Å². The Hall–Kier alpha value is -1.53. The molecule has 1 unspecified atom stereocenters. The number of nitrogens with one attached hydrogen (secondary N) is 2. The van der Waals surface area contributed by atoms with E-state index in [1.165, 1.54) is 12.0 Å². The molecule has 0 bridgehead atoms. The number of aliphatic imine (C=N–C) groups is 1. The summed E-state index contributed by atoms with van der Waals surface area (Å²) in [6.07, 6.45) is 7.71. The van der Waals surface area contributed by atoms with Gasteiger partial charge in [-0.05, 0) is 30.9 Å². The molecule has 2 rings (SSSR count). The lowest BCUT2D eigenvalue weighted by Gasteiger charge is -2.12. The van der Waals surface area contributed by atoms with Gasteiger partial charge in [0, 0.05) is 52.8 Å². The zero-order chi connectivity index (χ0) is 15.6. The lowest BCUT2D eigenvalue weighted by molar-refractivity contribution is 0.0168. The lowest BCUT2D eigenvalue weighted by Crippen LogP contribution is -2.37. The zero-order valence-electron chi connectivity index (χ0n) is 13.7. The van der Waals surface area contributed by atoms with Crippen molar-refractivity contribution in [1.82, 2.24) is 15.2 Å². The average Bonchev–Trinajstić information content (AvgIpc) is 3.17. The summed E-state index contributed by atoms with van der Waals surface area (Å²) in [4.78, 5) is 4.22. The van der Waals surface area contributed by atoms with E-state index in [0.29, 0.717) is 6.10 Å². The summed E-state index contributed by atoms with van der Waals surface area (Å²) in [5.41, 5.74) is 1.24. The Kier molecular flexibility index (Phi) is 7.25. The van der Waals surface area contributed by atoms with Crippen LogP contribution >= 0.6 is 0 Å². The summed E-state index contributed by atoms with van der Waals surface area (Å²) < 4.78 is 13.2. The second kappa shape index (κ2) is 9.48. The molecule has 0 radical (unpaired) electrons. The van der Waals surface area contributed by atoms with E-state index in [1.54, 1.807) is 7.05 Å². The predicted molar refractivity (Wildman–Crippen MR) is 88.0 cm³/mol. The third-order valence-electron chi connectivity index (χ3n) is 3.66. The van der Waals surface area contributed by atoms with E-state index in [-0.39, 0.29) is 0 Å². The smallest absolute Gasteiger partial charge is 0.191 e. The van der Waals surface area contributed by atoms with Gasteiger partial charge in [0.05, 0.1) is 12.7 Å². The fraction of sp³-hybridized carbons (Fsp3) is 0.688. The first-order valence-corrected chi connectivity index (χ1v) is 8.02. The molecule has 0 saturated carbocycles. The number of ether oxygens (including phenoxy) is 2. The molecule has 2 N–H and O–H groups in total. The second-order valence-electron chi connectivity index (χ2n) is 5.60. The predicted octanol–water partition coefficient (Wildman–Crippen LogP) is 1.28. The van der Waals surface area contributed by atoms with Crippen LogP contribution in [-0.4, -0.2) is 50.0 Å². The maximum Gasteiger partial charge on any atom is 0.191 e. The Balaban J connectivity index is 1.50. The summed E-state index contributed by atoms with van der Waals surface area (Å²) in [6.45, 7) is 3.98. The summed E-state index contributed by atoms with van der Waals surface area (Å²) >= 11 is 0. The van der Waals surface area contributed by atoms with Crippen LogP contribution in [-0.2, 0) is 23.1 Å². The first-order valence-electron chi connectivity index (χ1n) is 8.02. The number of hydrogen-bond donors (Lipinski definition) is 2. The number of nitrogens with zero attached hydrogens (tertiary/aromatic N) is 2.